The summed E-state index contributed by atoms with van der Waals surface area (Å²) in [7, 11) is -0.221. The first-order chi connectivity index (χ1) is 12.2. The van der Waals surface area contributed by atoms with E-state index in [-0.39, 0.29) is 33.8 Å². The SMILES string of the molecule is NC1=NC(=C=O)N([C@H]2C[C@H](O)[C@@H](COPOc3ccccc3)O2)C=N1. The van der Waals surface area contributed by atoms with Crippen LogP contribution in [0.25, 0.3) is 0 Å². The van der Waals surface area contributed by atoms with E-state index in [0.29, 0.717) is 5.75 Å². The molecule has 1 aromatic rings. The van der Waals surface area contributed by atoms with Crippen molar-refractivity contribution < 1.29 is 23.7 Å². The molecular weight excluding hydrogens is 347 g/mol. The molecular formula is C15H17N4O5P. The Kier molecular flexibility index (Phi) is 5.75. The predicted octanol–water partition coefficient (Wildman–Crippen LogP) is 0.398. The maximum atomic E-state index is 11.0. The van der Waals surface area contributed by atoms with Crippen molar-refractivity contribution in [3.63, 3.8) is 0 Å². The second-order valence-corrected chi connectivity index (χ2v) is 5.95. The van der Waals surface area contributed by atoms with Crippen LogP contribution in [-0.4, -0.2) is 53.3 Å². The summed E-state index contributed by atoms with van der Waals surface area (Å²) in [5, 5.41) is 10.1. The molecule has 1 unspecified atom stereocenters. The Hall–Kier alpha value is -2.28. The molecule has 3 N–H and O–H groups in total. The number of benzene rings is 1. The van der Waals surface area contributed by atoms with Crippen molar-refractivity contribution in [3.8, 4) is 5.75 Å². The number of nitrogens with zero attached hydrogens (tertiary/aromatic N) is 3. The fourth-order valence-electron chi connectivity index (χ4n) is 2.38. The van der Waals surface area contributed by atoms with Gasteiger partial charge in [0.15, 0.2) is 5.94 Å². The first kappa shape index (κ1) is 17.5. The summed E-state index contributed by atoms with van der Waals surface area (Å²) >= 11 is 0. The molecule has 1 aromatic carbocycles. The molecule has 2 aliphatic heterocycles. The average Bonchev–Trinajstić information content (AvgIpc) is 3.00. The molecule has 0 spiro atoms. The molecule has 0 radical (unpaired) electrons. The fourth-order valence-corrected chi connectivity index (χ4v) is 2.90. The van der Waals surface area contributed by atoms with Crippen molar-refractivity contribution in [2.24, 2.45) is 15.7 Å². The summed E-state index contributed by atoms with van der Waals surface area (Å²) in [4.78, 5) is 20.0. The van der Waals surface area contributed by atoms with Gasteiger partial charge in [-0.05, 0) is 12.1 Å². The molecule has 2 heterocycles. The Morgan fingerprint density at radius 3 is 3.00 bits per heavy atom. The summed E-state index contributed by atoms with van der Waals surface area (Å²) in [6, 6.07) is 9.26. The zero-order valence-electron chi connectivity index (χ0n) is 13.1. The van der Waals surface area contributed by atoms with Crippen LogP contribution < -0.4 is 10.3 Å². The van der Waals surface area contributed by atoms with Crippen LogP contribution in [-0.2, 0) is 14.1 Å². The van der Waals surface area contributed by atoms with E-state index >= 15 is 0 Å². The monoisotopic (exact) mass is 364 g/mol. The molecule has 132 valence electrons. The molecule has 3 rings (SSSR count). The Morgan fingerprint density at radius 1 is 1.44 bits per heavy atom. The van der Waals surface area contributed by atoms with Crippen LogP contribution in [0.5, 0.6) is 5.75 Å². The Labute approximate surface area is 145 Å². The first-order valence-corrected chi connectivity index (χ1v) is 8.33. The number of para-hydroxylation sites is 1. The van der Waals surface area contributed by atoms with E-state index in [1.807, 2.05) is 30.3 Å². The summed E-state index contributed by atoms with van der Waals surface area (Å²) in [6.45, 7) is 0.152. The minimum atomic E-state index is -0.754. The van der Waals surface area contributed by atoms with Gasteiger partial charge in [-0.2, -0.15) is 4.99 Å². The van der Waals surface area contributed by atoms with E-state index in [4.69, 9.17) is 19.5 Å². The second kappa shape index (κ2) is 8.20. The van der Waals surface area contributed by atoms with Gasteiger partial charge in [0, 0.05) is 6.42 Å². The Bertz CT molecular complexity index is 707. The molecule has 2 aliphatic rings. The lowest BCUT2D eigenvalue weighted by Crippen LogP contribution is -2.37. The molecule has 0 amide bonds. The number of carbonyl (C=O) groups excluding carboxylic acids is 1. The van der Waals surface area contributed by atoms with Crippen molar-refractivity contribution >= 4 is 27.3 Å². The average molecular weight is 364 g/mol. The zero-order chi connectivity index (χ0) is 17.6. The summed E-state index contributed by atoms with van der Waals surface area (Å²) in [5.74, 6) is 2.31. The van der Waals surface area contributed by atoms with E-state index in [9.17, 15) is 9.90 Å². The number of aliphatic imine (C=N–C) groups is 2. The van der Waals surface area contributed by atoms with Crippen LogP contribution in [0.1, 0.15) is 6.42 Å². The highest BCUT2D eigenvalue weighted by molar-refractivity contribution is 7.26. The van der Waals surface area contributed by atoms with Crippen LogP contribution in [0.3, 0.4) is 0 Å². The minimum absolute atomic E-state index is 0.0349. The van der Waals surface area contributed by atoms with E-state index < -0.39 is 18.4 Å². The van der Waals surface area contributed by atoms with Crippen molar-refractivity contribution in [2.45, 2.75) is 24.9 Å². The number of guanidine groups is 1. The number of hydrogen-bond acceptors (Lipinski definition) is 9. The molecule has 1 fully saturated rings. The third kappa shape index (κ3) is 4.42. The minimum Gasteiger partial charge on any atom is -0.450 e. The Morgan fingerprint density at radius 2 is 2.24 bits per heavy atom. The van der Waals surface area contributed by atoms with Crippen molar-refractivity contribution in [1.29, 1.82) is 0 Å². The molecule has 10 heteroatoms. The third-order valence-corrected chi connectivity index (χ3v) is 4.20. The number of aliphatic hydroxyl groups is 1. The van der Waals surface area contributed by atoms with E-state index in [0.717, 1.165) is 0 Å². The molecule has 25 heavy (non-hydrogen) atoms. The molecule has 1 saturated heterocycles. The van der Waals surface area contributed by atoms with Crippen LogP contribution in [0.4, 0.5) is 0 Å². The van der Waals surface area contributed by atoms with Crippen molar-refractivity contribution in [3.05, 3.63) is 36.2 Å². The van der Waals surface area contributed by atoms with Gasteiger partial charge in [0.25, 0.3) is 0 Å². The normalized spacial score (nSPS) is 26.1. The highest BCUT2D eigenvalue weighted by Gasteiger charge is 2.38. The van der Waals surface area contributed by atoms with E-state index in [2.05, 4.69) is 9.98 Å². The van der Waals surface area contributed by atoms with Gasteiger partial charge in [0.1, 0.15) is 24.4 Å². The summed E-state index contributed by atoms with van der Waals surface area (Å²) in [6.07, 6.45) is -0.302. The van der Waals surface area contributed by atoms with Crippen LogP contribution in [0.15, 0.2) is 46.1 Å². The van der Waals surface area contributed by atoms with Gasteiger partial charge in [0.2, 0.25) is 20.8 Å². The lowest BCUT2D eigenvalue weighted by Gasteiger charge is -2.26. The van der Waals surface area contributed by atoms with Crippen LogP contribution in [0.2, 0.25) is 0 Å². The van der Waals surface area contributed by atoms with Crippen LogP contribution in [0, 0.1) is 0 Å². The molecule has 0 aromatic heterocycles. The number of nitrogens with two attached hydrogens (primary N) is 1. The zero-order valence-corrected chi connectivity index (χ0v) is 14.1. The summed E-state index contributed by atoms with van der Waals surface area (Å²) < 4.78 is 16.6. The molecule has 0 bridgehead atoms. The third-order valence-electron chi connectivity index (χ3n) is 3.59. The standard InChI is InChI=1S/C15H17N4O5P/c16-15-17-9-19(13(7-20)18-15)14-6-11(21)12(23-14)8-22-25-24-10-4-2-1-3-5-10/h1-5,9,11-12,14,21,25H,6,8H2,(H2,16,18)/t11-,12+,14+/m0/s1. The van der Waals surface area contributed by atoms with E-state index in [1.54, 1.807) is 5.94 Å². The van der Waals surface area contributed by atoms with Gasteiger partial charge in [-0.3, -0.25) is 4.90 Å². The highest BCUT2D eigenvalue weighted by Crippen LogP contribution is 2.28. The fraction of sp³-hybridized carbons (Fsp3) is 0.333. The van der Waals surface area contributed by atoms with Gasteiger partial charge in [-0.25, -0.2) is 9.79 Å². The number of ether oxygens (including phenoxy) is 1. The maximum absolute atomic E-state index is 11.0. The molecule has 4 atom stereocenters. The second-order valence-electron chi connectivity index (χ2n) is 5.29. The smallest absolute Gasteiger partial charge is 0.225 e. The van der Waals surface area contributed by atoms with Crippen LogP contribution >= 0.6 is 9.03 Å². The molecule has 0 saturated carbocycles. The molecule has 9 nitrogen and oxygen atoms in total. The van der Waals surface area contributed by atoms with Gasteiger partial charge in [0.05, 0.1) is 12.7 Å². The lowest BCUT2D eigenvalue weighted by atomic mass is 10.2. The largest absolute Gasteiger partial charge is 0.450 e. The first-order valence-electron chi connectivity index (χ1n) is 7.51. The van der Waals surface area contributed by atoms with E-state index in [1.165, 1.54) is 11.2 Å². The van der Waals surface area contributed by atoms with Crippen molar-refractivity contribution in [1.82, 2.24) is 4.90 Å². The summed E-state index contributed by atoms with van der Waals surface area (Å²) in [5.41, 5.74) is 5.45. The highest BCUT2D eigenvalue weighted by atomic mass is 31.1. The lowest BCUT2D eigenvalue weighted by molar-refractivity contribution is -0.0441. The van der Waals surface area contributed by atoms with Gasteiger partial charge in [-0.1, -0.05) is 18.2 Å². The number of aliphatic hydroxyl groups excluding tert-OH is 1. The van der Waals surface area contributed by atoms with Crippen molar-refractivity contribution in [2.75, 3.05) is 6.61 Å². The van der Waals surface area contributed by atoms with Gasteiger partial charge < -0.3 is 24.6 Å². The predicted molar refractivity (Wildman–Crippen MR) is 91.8 cm³/mol. The number of hydrogen-bond donors (Lipinski definition) is 2. The maximum Gasteiger partial charge on any atom is 0.225 e. The Balaban J connectivity index is 1.48. The van der Waals surface area contributed by atoms with Gasteiger partial charge >= 0.3 is 0 Å². The number of rotatable bonds is 6. The quantitative estimate of drug-likeness (QED) is 0.426. The molecule has 0 aliphatic carbocycles. The topological polar surface area (TPSA) is 119 Å². The van der Waals surface area contributed by atoms with Gasteiger partial charge in [-0.15, -0.1) is 0 Å².